The number of thioether (sulfide) groups is 1. The van der Waals surface area contributed by atoms with Crippen LogP contribution in [0.1, 0.15) is 32.1 Å². The molecule has 0 fully saturated rings. The number of aromatic amines is 1. The first-order chi connectivity index (χ1) is 13.3. The standard InChI is InChI=1S/C18H18ClN5O3S/c1-9-14(17(26)27-3)10(2)21-15(9)13(25)8-28-18-23-22-16(24(18)20)11-6-4-5-7-12(11)19/h4-7,21H,8,20H2,1-3H3. The van der Waals surface area contributed by atoms with Gasteiger partial charge in [0.2, 0.25) is 5.16 Å². The molecule has 0 saturated carbocycles. The number of nitrogens with one attached hydrogen (secondary N) is 1. The molecular weight excluding hydrogens is 402 g/mol. The summed E-state index contributed by atoms with van der Waals surface area (Å²) in [4.78, 5) is 27.5. The highest BCUT2D eigenvalue weighted by molar-refractivity contribution is 7.99. The van der Waals surface area contributed by atoms with E-state index < -0.39 is 5.97 Å². The van der Waals surface area contributed by atoms with Crippen LogP contribution in [0.2, 0.25) is 5.02 Å². The Morgan fingerprint density at radius 3 is 2.68 bits per heavy atom. The second kappa shape index (κ2) is 8.07. The molecule has 3 aromatic rings. The summed E-state index contributed by atoms with van der Waals surface area (Å²) in [6.07, 6.45) is 0. The van der Waals surface area contributed by atoms with Gasteiger partial charge in [-0.15, -0.1) is 10.2 Å². The number of nitrogens with zero attached hydrogens (tertiary/aromatic N) is 3. The lowest BCUT2D eigenvalue weighted by Crippen LogP contribution is -2.13. The molecule has 146 valence electrons. The largest absolute Gasteiger partial charge is 0.465 e. The summed E-state index contributed by atoms with van der Waals surface area (Å²) < 4.78 is 6.06. The lowest BCUT2D eigenvalue weighted by molar-refractivity contribution is 0.0599. The molecule has 0 aliphatic rings. The second-order valence-corrected chi connectivity index (χ2v) is 7.33. The molecular formula is C18H18ClN5O3S. The first-order valence-electron chi connectivity index (χ1n) is 8.24. The average Bonchev–Trinajstić information content (AvgIpc) is 3.19. The van der Waals surface area contributed by atoms with Gasteiger partial charge in [-0.2, -0.15) is 0 Å². The Hall–Kier alpha value is -2.78. The molecule has 0 atom stereocenters. The number of benzene rings is 1. The summed E-state index contributed by atoms with van der Waals surface area (Å²) in [5.41, 5.74) is 2.52. The van der Waals surface area contributed by atoms with Gasteiger partial charge in [0.25, 0.3) is 0 Å². The van der Waals surface area contributed by atoms with E-state index in [9.17, 15) is 9.59 Å². The molecule has 0 amide bonds. The Kier molecular flexibility index (Phi) is 5.76. The average molecular weight is 420 g/mol. The number of aryl methyl sites for hydroxylation is 1. The fourth-order valence-corrected chi connectivity index (χ4v) is 3.79. The van der Waals surface area contributed by atoms with Crippen molar-refractivity contribution in [1.29, 1.82) is 0 Å². The van der Waals surface area contributed by atoms with E-state index in [0.717, 1.165) is 11.8 Å². The van der Waals surface area contributed by atoms with Gasteiger partial charge in [0.1, 0.15) is 0 Å². The van der Waals surface area contributed by atoms with E-state index in [0.29, 0.717) is 44.1 Å². The van der Waals surface area contributed by atoms with Crippen LogP contribution in [-0.4, -0.2) is 44.5 Å². The van der Waals surface area contributed by atoms with Crippen LogP contribution in [-0.2, 0) is 4.74 Å². The molecule has 0 unspecified atom stereocenters. The fraction of sp³-hybridized carbons (Fsp3) is 0.222. The van der Waals surface area contributed by atoms with E-state index in [1.54, 1.807) is 32.0 Å². The number of nitrogen functional groups attached to an aromatic ring is 1. The number of aromatic nitrogens is 4. The molecule has 10 heteroatoms. The van der Waals surface area contributed by atoms with E-state index in [1.807, 2.05) is 6.07 Å². The Labute approximate surface area is 170 Å². The molecule has 28 heavy (non-hydrogen) atoms. The zero-order valence-electron chi connectivity index (χ0n) is 15.4. The number of hydrogen-bond donors (Lipinski definition) is 2. The first kappa shape index (κ1) is 20.0. The van der Waals surface area contributed by atoms with Gasteiger partial charge in [0.15, 0.2) is 11.6 Å². The number of carbonyl (C=O) groups is 2. The highest BCUT2D eigenvalue weighted by atomic mass is 35.5. The number of hydrogen-bond acceptors (Lipinski definition) is 7. The predicted octanol–water partition coefficient (Wildman–Crippen LogP) is 3.02. The molecule has 1 aromatic carbocycles. The van der Waals surface area contributed by atoms with Gasteiger partial charge < -0.3 is 15.6 Å². The number of carbonyl (C=O) groups excluding carboxylic acids is 2. The lowest BCUT2D eigenvalue weighted by atomic mass is 10.1. The number of methoxy groups -OCH3 is 1. The van der Waals surface area contributed by atoms with Crippen LogP contribution in [0.3, 0.4) is 0 Å². The Morgan fingerprint density at radius 2 is 2.00 bits per heavy atom. The predicted molar refractivity (Wildman–Crippen MR) is 107 cm³/mol. The van der Waals surface area contributed by atoms with Crippen molar-refractivity contribution in [3.63, 3.8) is 0 Å². The van der Waals surface area contributed by atoms with Crippen molar-refractivity contribution in [3.05, 3.63) is 51.8 Å². The van der Waals surface area contributed by atoms with Crippen molar-refractivity contribution >= 4 is 35.1 Å². The molecule has 2 heterocycles. The van der Waals surface area contributed by atoms with Crippen molar-refractivity contribution in [1.82, 2.24) is 19.9 Å². The molecule has 2 aromatic heterocycles. The molecule has 3 N–H and O–H groups in total. The molecule has 0 aliphatic heterocycles. The van der Waals surface area contributed by atoms with Crippen LogP contribution in [0, 0.1) is 13.8 Å². The summed E-state index contributed by atoms with van der Waals surface area (Å²) in [6, 6.07) is 7.15. The van der Waals surface area contributed by atoms with Crippen LogP contribution in [0.5, 0.6) is 0 Å². The number of H-pyrrole nitrogens is 1. The second-order valence-electron chi connectivity index (χ2n) is 5.98. The number of ether oxygens (including phenoxy) is 1. The maximum absolute atomic E-state index is 12.6. The highest BCUT2D eigenvalue weighted by Gasteiger charge is 2.23. The fourth-order valence-electron chi connectivity index (χ4n) is 2.84. The number of ketones is 1. The minimum absolute atomic E-state index is 0.0687. The first-order valence-corrected chi connectivity index (χ1v) is 9.60. The van der Waals surface area contributed by atoms with Gasteiger partial charge in [0.05, 0.1) is 29.1 Å². The number of nitrogens with two attached hydrogens (primary N) is 1. The van der Waals surface area contributed by atoms with Gasteiger partial charge >= 0.3 is 5.97 Å². The van der Waals surface area contributed by atoms with Gasteiger partial charge in [-0.1, -0.05) is 35.5 Å². The van der Waals surface area contributed by atoms with E-state index >= 15 is 0 Å². The summed E-state index contributed by atoms with van der Waals surface area (Å²) in [7, 11) is 1.30. The van der Waals surface area contributed by atoms with Crippen LogP contribution in [0.4, 0.5) is 0 Å². The topological polar surface area (TPSA) is 116 Å². The molecule has 0 spiro atoms. The van der Waals surface area contributed by atoms with Crippen molar-refractivity contribution in [2.24, 2.45) is 0 Å². The SMILES string of the molecule is COC(=O)c1c(C)[nH]c(C(=O)CSc2nnc(-c3ccccc3Cl)n2N)c1C. The minimum Gasteiger partial charge on any atom is -0.465 e. The third-order valence-corrected chi connectivity index (χ3v) is 5.49. The van der Waals surface area contributed by atoms with Crippen molar-refractivity contribution in [2.45, 2.75) is 19.0 Å². The number of esters is 1. The summed E-state index contributed by atoms with van der Waals surface area (Å²) >= 11 is 7.32. The Balaban J connectivity index is 1.78. The lowest BCUT2D eigenvalue weighted by Gasteiger charge is -2.05. The van der Waals surface area contributed by atoms with Gasteiger partial charge in [-0.3, -0.25) is 4.79 Å². The monoisotopic (exact) mass is 419 g/mol. The van der Waals surface area contributed by atoms with Crippen molar-refractivity contribution < 1.29 is 14.3 Å². The van der Waals surface area contributed by atoms with Crippen molar-refractivity contribution in [2.75, 3.05) is 18.7 Å². The molecule has 8 nitrogen and oxygen atoms in total. The number of Topliss-reactive ketones (excluding diaryl/α,β-unsaturated/α-hetero) is 1. The van der Waals surface area contributed by atoms with E-state index in [-0.39, 0.29) is 11.5 Å². The summed E-state index contributed by atoms with van der Waals surface area (Å²) in [5, 5.41) is 8.99. The van der Waals surface area contributed by atoms with E-state index in [1.165, 1.54) is 11.8 Å². The smallest absolute Gasteiger partial charge is 0.339 e. The van der Waals surface area contributed by atoms with Crippen molar-refractivity contribution in [3.8, 4) is 11.4 Å². The maximum Gasteiger partial charge on any atom is 0.339 e. The van der Waals surface area contributed by atoms with Crippen LogP contribution in [0.15, 0.2) is 29.4 Å². The Morgan fingerprint density at radius 1 is 1.29 bits per heavy atom. The quantitative estimate of drug-likeness (QED) is 0.273. The van der Waals surface area contributed by atoms with Crippen LogP contribution in [0.25, 0.3) is 11.4 Å². The normalized spacial score (nSPS) is 10.9. The third kappa shape index (κ3) is 3.63. The zero-order chi connectivity index (χ0) is 20.4. The number of halogens is 1. The summed E-state index contributed by atoms with van der Waals surface area (Å²) in [5.74, 6) is 5.87. The molecule has 0 saturated heterocycles. The summed E-state index contributed by atoms with van der Waals surface area (Å²) in [6.45, 7) is 3.42. The maximum atomic E-state index is 12.6. The third-order valence-electron chi connectivity index (χ3n) is 4.22. The van der Waals surface area contributed by atoms with E-state index in [2.05, 4.69) is 15.2 Å². The van der Waals surface area contributed by atoms with Gasteiger partial charge in [-0.05, 0) is 31.5 Å². The molecule has 0 aliphatic carbocycles. The van der Waals surface area contributed by atoms with Crippen LogP contribution >= 0.6 is 23.4 Å². The minimum atomic E-state index is -0.482. The highest BCUT2D eigenvalue weighted by Crippen LogP contribution is 2.28. The van der Waals surface area contributed by atoms with Crippen LogP contribution < -0.4 is 5.84 Å². The van der Waals surface area contributed by atoms with Gasteiger partial charge in [0, 0.05) is 11.3 Å². The molecule has 0 bridgehead atoms. The van der Waals surface area contributed by atoms with Gasteiger partial charge in [-0.25, -0.2) is 9.47 Å². The molecule has 3 rings (SSSR count). The Bertz CT molecular complexity index is 1060. The zero-order valence-corrected chi connectivity index (χ0v) is 17.0. The van der Waals surface area contributed by atoms with E-state index in [4.69, 9.17) is 22.2 Å². The molecule has 0 radical (unpaired) electrons. The number of rotatable bonds is 6.